The molecular formula is C16H15N3O5S. The average Bonchev–Trinajstić information content (AvgIpc) is 3.32. The Hall–Kier alpha value is -2.81. The number of hydrogen-bond acceptors (Lipinski definition) is 6. The number of non-ortho nitro benzene ring substituents is 1. The number of nitro benzene ring substituents is 1. The summed E-state index contributed by atoms with van der Waals surface area (Å²) in [6, 6.07) is 2.89. The molecule has 1 unspecified atom stereocenters. The molecule has 2 aromatic rings. The molecule has 1 aliphatic carbocycles. The summed E-state index contributed by atoms with van der Waals surface area (Å²) in [7, 11) is 0. The topological polar surface area (TPSA) is 122 Å². The number of carboxylic acids is 1. The SMILES string of the molecule is Cc1csc(C(NC(=O)c2cc(C(=O)O)cc([N+](=O)[O-])c2)C2CC2)n1. The van der Waals surface area contributed by atoms with Crippen LogP contribution >= 0.6 is 11.3 Å². The van der Waals surface area contributed by atoms with Gasteiger partial charge in [0, 0.05) is 28.8 Å². The van der Waals surface area contributed by atoms with E-state index in [9.17, 15) is 19.7 Å². The van der Waals surface area contributed by atoms with Gasteiger partial charge in [-0.15, -0.1) is 11.3 Å². The lowest BCUT2D eigenvalue weighted by Crippen LogP contribution is -2.30. The van der Waals surface area contributed by atoms with Crippen LogP contribution in [0.5, 0.6) is 0 Å². The fourth-order valence-corrected chi connectivity index (χ4v) is 3.46. The maximum atomic E-state index is 12.6. The molecule has 1 aliphatic rings. The van der Waals surface area contributed by atoms with Crippen molar-refractivity contribution >= 4 is 28.9 Å². The number of aromatic nitrogens is 1. The zero-order chi connectivity index (χ0) is 18.1. The maximum Gasteiger partial charge on any atom is 0.335 e. The first kappa shape index (κ1) is 17.0. The van der Waals surface area contributed by atoms with Crippen LogP contribution in [0.2, 0.25) is 0 Å². The molecule has 1 aromatic carbocycles. The van der Waals surface area contributed by atoms with Crippen LogP contribution in [0.15, 0.2) is 23.6 Å². The molecule has 0 spiro atoms. The maximum absolute atomic E-state index is 12.6. The van der Waals surface area contributed by atoms with Crippen molar-refractivity contribution in [3.8, 4) is 0 Å². The van der Waals surface area contributed by atoms with Crippen molar-refractivity contribution in [3.05, 3.63) is 55.5 Å². The number of nitrogens with zero attached hydrogens (tertiary/aromatic N) is 2. The summed E-state index contributed by atoms with van der Waals surface area (Å²) in [6.07, 6.45) is 1.94. The van der Waals surface area contributed by atoms with Crippen molar-refractivity contribution in [2.24, 2.45) is 5.92 Å². The summed E-state index contributed by atoms with van der Waals surface area (Å²) in [5.74, 6) is -1.59. The first-order chi connectivity index (χ1) is 11.8. The molecule has 0 radical (unpaired) electrons. The molecule has 3 rings (SSSR count). The molecule has 2 N–H and O–H groups in total. The number of aryl methyl sites for hydroxylation is 1. The van der Waals surface area contributed by atoms with E-state index in [-0.39, 0.29) is 23.1 Å². The van der Waals surface area contributed by atoms with Gasteiger partial charge in [-0.25, -0.2) is 9.78 Å². The number of hydrogen-bond donors (Lipinski definition) is 2. The molecule has 1 heterocycles. The summed E-state index contributed by atoms with van der Waals surface area (Å²) in [4.78, 5) is 38.4. The number of carboxylic acid groups (broad SMARTS) is 1. The number of rotatable bonds is 6. The van der Waals surface area contributed by atoms with Crippen molar-refractivity contribution in [3.63, 3.8) is 0 Å². The smallest absolute Gasteiger partial charge is 0.335 e. The van der Waals surface area contributed by atoms with E-state index in [0.717, 1.165) is 41.7 Å². The van der Waals surface area contributed by atoms with Crippen LogP contribution in [0.4, 0.5) is 5.69 Å². The van der Waals surface area contributed by atoms with Gasteiger partial charge in [0.25, 0.3) is 11.6 Å². The van der Waals surface area contributed by atoms with Gasteiger partial charge in [0.2, 0.25) is 0 Å². The Bertz CT molecular complexity index is 827. The third kappa shape index (κ3) is 3.82. The van der Waals surface area contributed by atoms with E-state index >= 15 is 0 Å². The van der Waals surface area contributed by atoms with Crippen molar-refractivity contribution in [2.45, 2.75) is 25.8 Å². The highest BCUT2D eigenvalue weighted by Crippen LogP contribution is 2.42. The standard InChI is InChI=1S/C16H15N3O5S/c1-8-7-25-15(17-8)13(9-2-3-9)18-14(20)10-4-11(16(21)22)6-12(5-10)19(23)24/h4-7,9,13H,2-3H2,1H3,(H,18,20)(H,21,22). The van der Waals surface area contributed by atoms with E-state index in [4.69, 9.17) is 5.11 Å². The van der Waals surface area contributed by atoms with Gasteiger partial charge in [0.15, 0.2) is 0 Å². The number of amides is 1. The predicted molar refractivity (Wildman–Crippen MR) is 89.8 cm³/mol. The van der Waals surface area contributed by atoms with Gasteiger partial charge in [0.1, 0.15) is 5.01 Å². The molecule has 1 aromatic heterocycles. The molecule has 1 atom stereocenters. The van der Waals surface area contributed by atoms with Gasteiger partial charge >= 0.3 is 5.97 Å². The van der Waals surface area contributed by atoms with E-state index in [1.54, 1.807) is 0 Å². The van der Waals surface area contributed by atoms with Crippen molar-refractivity contribution in [1.29, 1.82) is 0 Å². The molecule has 1 saturated carbocycles. The minimum Gasteiger partial charge on any atom is -0.478 e. The molecule has 1 amide bonds. The highest BCUT2D eigenvalue weighted by Gasteiger charge is 2.35. The lowest BCUT2D eigenvalue weighted by Gasteiger charge is -2.16. The molecule has 0 saturated heterocycles. The number of thiazole rings is 1. The largest absolute Gasteiger partial charge is 0.478 e. The van der Waals surface area contributed by atoms with Gasteiger partial charge < -0.3 is 10.4 Å². The molecule has 0 bridgehead atoms. The van der Waals surface area contributed by atoms with E-state index < -0.39 is 22.5 Å². The second-order valence-corrected chi connectivity index (χ2v) is 6.84. The third-order valence-electron chi connectivity index (χ3n) is 3.92. The lowest BCUT2D eigenvalue weighted by molar-refractivity contribution is -0.384. The van der Waals surface area contributed by atoms with Gasteiger partial charge in [-0.1, -0.05) is 0 Å². The van der Waals surface area contributed by atoms with Crippen LogP contribution in [-0.2, 0) is 0 Å². The van der Waals surface area contributed by atoms with E-state index in [1.807, 2.05) is 12.3 Å². The fourth-order valence-electron chi connectivity index (χ4n) is 2.52. The zero-order valence-corrected chi connectivity index (χ0v) is 14.1. The van der Waals surface area contributed by atoms with E-state index in [0.29, 0.717) is 0 Å². The van der Waals surface area contributed by atoms with Crippen molar-refractivity contribution in [1.82, 2.24) is 10.3 Å². The summed E-state index contributed by atoms with van der Waals surface area (Å²) in [5.41, 5.74) is 0.0828. The number of nitrogens with one attached hydrogen (secondary N) is 1. The molecule has 25 heavy (non-hydrogen) atoms. The highest BCUT2D eigenvalue weighted by atomic mass is 32.1. The monoisotopic (exact) mass is 361 g/mol. The third-order valence-corrected chi connectivity index (χ3v) is 4.97. The quantitative estimate of drug-likeness (QED) is 0.602. The molecular weight excluding hydrogens is 346 g/mol. The number of benzene rings is 1. The first-order valence-electron chi connectivity index (χ1n) is 7.61. The van der Waals surface area contributed by atoms with Crippen molar-refractivity contribution in [2.75, 3.05) is 0 Å². The normalized spacial score (nSPS) is 14.8. The molecule has 1 fully saturated rings. The predicted octanol–water partition coefficient (Wildman–Crippen LogP) is 2.94. The van der Waals surface area contributed by atoms with Crippen LogP contribution in [-0.4, -0.2) is 26.9 Å². The Balaban J connectivity index is 1.89. The summed E-state index contributed by atoms with van der Waals surface area (Å²) in [5, 5.41) is 25.6. The van der Waals surface area contributed by atoms with Crippen LogP contribution in [0, 0.1) is 23.0 Å². The summed E-state index contributed by atoms with van der Waals surface area (Å²) >= 11 is 1.45. The summed E-state index contributed by atoms with van der Waals surface area (Å²) in [6.45, 7) is 1.87. The first-order valence-corrected chi connectivity index (χ1v) is 8.49. The van der Waals surface area contributed by atoms with Crippen LogP contribution in [0.3, 0.4) is 0 Å². The lowest BCUT2D eigenvalue weighted by atomic mass is 10.1. The molecule has 8 nitrogen and oxygen atoms in total. The van der Waals surface area contributed by atoms with E-state index in [2.05, 4.69) is 10.3 Å². The van der Waals surface area contributed by atoms with Crippen LogP contribution in [0.1, 0.15) is 50.3 Å². The van der Waals surface area contributed by atoms with Gasteiger partial charge in [-0.05, 0) is 31.7 Å². The Kier molecular flexibility index (Phi) is 4.49. The molecule has 130 valence electrons. The minimum absolute atomic E-state index is 0.0504. The fraction of sp³-hybridized carbons (Fsp3) is 0.312. The minimum atomic E-state index is -1.33. The van der Waals surface area contributed by atoms with Crippen molar-refractivity contribution < 1.29 is 19.6 Å². The Labute approximate surface area is 146 Å². The second kappa shape index (κ2) is 6.60. The highest BCUT2D eigenvalue weighted by molar-refractivity contribution is 7.09. The second-order valence-electron chi connectivity index (χ2n) is 5.95. The van der Waals surface area contributed by atoms with Crippen LogP contribution in [0.25, 0.3) is 0 Å². The Morgan fingerprint density at radius 1 is 1.36 bits per heavy atom. The average molecular weight is 361 g/mol. The number of carbonyl (C=O) groups is 2. The number of carbonyl (C=O) groups excluding carboxylic acids is 1. The van der Waals surface area contributed by atoms with Gasteiger partial charge in [-0.3, -0.25) is 14.9 Å². The number of aromatic carboxylic acids is 1. The Morgan fingerprint density at radius 2 is 2.04 bits per heavy atom. The van der Waals surface area contributed by atoms with Crippen LogP contribution < -0.4 is 5.32 Å². The molecule has 0 aliphatic heterocycles. The summed E-state index contributed by atoms with van der Waals surface area (Å²) < 4.78 is 0. The number of nitro groups is 1. The van der Waals surface area contributed by atoms with E-state index in [1.165, 1.54) is 11.3 Å². The van der Waals surface area contributed by atoms with Gasteiger partial charge in [-0.2, -0.15) is 0 Å². The molecule has 9 heteroatoms. The zero-order valence-electron chi connectivity index (χ0n) is 13.3. The Morgan fingerprint density at radius 3 is 2.56 bits per heavy atom. The van der Waals surface area contributed by atoms with Gasteiger partial charge in [0.05, 0.1) is 16.5 Å².